The highest BCUT2D eigenvalue weighted by Gasteiger charge is 2.18. The molecule has 6 heteroatoms. The van der Waals surface area contributed by atoms with Crippen LogP contribution < -0.4 is 16.8 Å². The lowest BCUT2D eigenvalue weighted by Gasteiger charge is -2.16. The minimum absolute atomic E-state index is 0.0338. The first-order valence-electron chi connectivity index (χ1n) is 12.8. The summed E-state index contributed by atoms with van der Waals surface area (Å²) in [5.41, 5.74) is 10.3. The molecular weight excluding hydrogens is 390 g/mol. The fourth-order valence-corrected chi connectivity index (χ4v) is 4.04. The maximum atomic E-state index is 12.0. The molecule has 182 valence electrons. The monoisotopic (exact) mass is 439 g/mol. The first-order chi connectivity index (χ1) is 14.9. The Morgan fingerprint density at radius 1 is 0.645 bits per heavy atom. The van der Waals surface area contributed by atoms with Crippen molar-refractivity contribution in [3.8, 4) is 0 Å². The molecule has 0 aromatic heterocycles. The molecule has 31 heavy (non-hydrogen) atoms. The number of primary amides is 2. The van der Waals surface area contributed by atoms with Crippen LogP contribution in [0.25, 0.3) is 0 Å². The largest absolute Gasteiger partial charge is 0.370 e. The molecule has 1 unspecified atom stereocenters. The molecule has 0 aromatic carbocycles. The van der Waals surface area contributed by atoms with Crippen molar-refractivity contribution in [2.75, 3.05) is 0 Å². The molecule has 1 atom stereocenters. The fourth-order valence-electron chi connectivity index (χ4n) is 4.04. The molecular formula is C25H49N3O3. The molecule has 0 rings (SSSR count). The number of hydrogen-bond acceptors (Lipinski definition) is 3. The minimum atomic E-state index is -0.816. The molecule has 0 aliphatic heterocycles. The quantitative estimate of drug-likeness (QED) is 0.203. The number of carbonyl (C=O) groups is 3. The van der Waals surface area contributed by atoms with Gasteiger partial charge in [0.05, 0.1) is 0 Å². The SMILES string of the molecule is CCCCC(CCCC)CCCCCCCCCCC(=O)NC(CCC(N)=O)C(N)=O. The summed E-state index contributed by atoms with van der Waals surface area (Å²) >= 11 is 0. The number of rotatable bonds is 22. The minimum Gasteiger partial charge on any atom is -0.370 e. The predicted molar refractivity (Wildman–Crippen MR) is 128 cm³/mol. The number of nitrogens with one attached hydrogen (secondary N) is 1. The van der Waals surface area contributed by atoms with Crippen LogP contribution in [0.2, 0.25) is 0 Å². The Morgan fingerprint density at radius 3 is 1.61 bits per heavy atom. The van der Waals surface area contributed by atoms with Crippen molar-refractivity contribution in [1.29, 1.82) is 0 Å². The van der Waals surface area contributed by atoms with E-state index in [0.717, 1.165) is 25.2 Å². The highest BCUT2D eigenvalue weighted by molar-refractivity contribution is 5.87. The van der Waals surface area contributed by atoms with Crippen molar-refractivity contribution in [2.24, 2.45) is 17.4 Å². The zero-order chi connectivity index (χ0) is 23.3. The van der Waals surface area contributed by atoms with E-state index in [2.05, 4.69) is 19.2 Å². The van der Waals surface area contributed by atoms with Gasteiger partial charge in [-0.2, -0.15) is 0 Å². The number of nitrogens with two attached hydrogens (primary N) is 2. The van der Waals surface area contributed by atoms with Crippen LogP contribution in [0.3, 0.4) is 0 Å². The summed E-state index contributed by atoms with van der Waals surface area (Å²) in [7, 11) is 0. The third kappa shape index (κ3) is 18.9. The van der Waals surface area contributed by atoms with Gasteiger partial charge in [0.15, 0.2) is 0 Å². The Labute approximate surface area is 190 Å². The molecule has 0 radical (unpaired) electrons. The predicted octanol–water partition coefficient (Wildman–Crippen LogP) is 5.12. The van der Waals surface area contributed by atoms with Gasteiger partial charge in [0, 0.05) is 12.8 Å². The van der Waals surface area contributed by atoms with Gasteiger partial charge in [0.1, 0.15) is 6.04 Å². The van der Waals surface area contributed by atoms with Gasteiger partial charge in [-0.25, -0.2) is 0 Å². The van der Waals surface area contributed by atoms with Crippen molar-refractivity contribution >= 4 is 17.7 Å². The Morgan fingerprint density at radius 2 is 1.13 bits per heavy atom. The molecule has 0 bridgehead atoms. The Bertz CT molecular complexity index is 475. The van der Waals surface area contributed by atoms with Crippen molar-refractivity contribution in [1.82, 2.24) is 5.32 Å². The van der Waals surface area contributed by atoms with E-state index in [-0.39, 0.29) is 18.7 Å². The van der Waals surface area contributed by atoms with Crippen LogP contribution in [0.15, 0.2) is 0 Å². The average molecular weight is 440 g/mol. The van der Waals surface area contributed by atoms with Crippen LogP contribution in [0, 0.1) is 5.92 Å². The molecule has 0 aliphatic carbocycles. The summed E-state index contributed by atoms with van der Waals surface area (Å²) in [4.78, 5) is 34.1. The van der Waals surface area contributed by atoms with Gasteiger partial charge < -0.3 is 16.8 Å². The zero-order valence-electron chi connectivity index (χ0n) is 20.3. The molecule has 0 aromatic rings. The summed E-state index contributed by atoms with van der Waals surface area (Å²) in [6, 6.07) is -0.816. The van der Waals surface area contributed by atoms with Gasteiger partial charge in [-0.05, 0) is 18.8 Å². The van der Waals surface area contributed by atoms with Crippen molar-refractivity contribution < 1.29 is 14.4 Å². The number of hydrogen-bond donors (Lipinski definition) is 3. The van der Waals surface area contributed by atoms with E-state index in [1.54, 1.807) is 0 Å². The Hall–Kier alpha value is -1.59. The first-order valence-corrected chi connectivity index (χ1v) is 12.8. The second kappa shape index (κ2) is 20.3. The Balaban J connectivity index is 3.69. The van der Waals surface area contributed by atoms with Gasteiger partial charge in [-0.3, -0.25) is 14.4 Å². The summed E-state index contributed by atoms with van der Waals surface area (Å²) in [5, 5.41) is 2.61. The lowest BCUT2D eigenvalue weighted by molar-refractivity contribution is -0.128. The molecule has 0 saturated heterocycles. The van der Waals surface area contributed by atoms with Crippen molar-refractivity contribution in [2.45, 2.75) is 135 Å². The maximum Gasteiger partial charge on any atom is 0.240 e. The zero-order valence-corrected chi connectivity index (χ0v) is 20.3. The lowest BCUT2D eigenvalue weighted by atomic mass is 9.90. The summed E-state index contributed by atoms with van der Waals surface area (Å²) in [5.74, 6) is -0.380. The topological polar surface area (TPSA) is 115 Å². The summed E-state index contributed by atoms with van der Waals surface area (Å²) in [6.07, 6.45) is 19.7. The van der Waals surface area contributed by atoms with E-state index < -0.39 is 17.9 Å². The van der Waals surface area contributed by atoms with E-state index in [1.807, 2.05) is 0 Å². The lowest BCUT2D eigenvalue weighted by Crippen LogP contribution is -2.44. The van der Waals surface area contributed by atoms with Gasteiger partial charge in [-0.15, -0.1) is 0 Å². The van der Waals surface area contributed by atoms with Crippen LogP contribution in [0.1, 0.15) is 129 Å². The standard InChI is InChI=1S/C25H49N3O3/c1-3-5-15-21(16-6-4-2)17-13-11-9-7-8-10-12-14-18-24(30)28-22(25(27)31)19-20-23(26)29/h21-22H,3-20H2,1-2H3,(H2,26,29)(H2,27,31)(H,28,30). The smallest absolute Gasteiger partial charge is 0.240 e. The average Bonchev–Trinajstić information content (AvgIpc) is 2.73. The van der Waals surface area contributed by atoms with Crippen LogP contribution in [0.5, 0.6) is 0 Å². The third-order valence-corrected chi connectivity index (χ3v) is 6.06. The Kier molecular flexibility index (Phi) is 19.3. The molecule has 6 nitrogen and oxygen atoms in total. The molecule has 0 heterocycles. The number of carbonyl (C=O) groups excluding carboxylic acids is 3. The van der Waals surface area contributed by atoms with Crippen LogP contribution >= 0.6 is 0 Å². The van der Waals surface area contributed by atoms with Crippen LogP contribution in [-0.2, 0) is 14.4 Å². The van der Waals surface area contributed by atoms with Crippen molar-refractivity contribution in [3.63, 3.8) is 0 Å². The third-order valence-electron chi connectivity index (χ3n) is 6.06. The first kappa shape index (κ1) is 29.4. The van der Waals surface area contributed by atoms with Gasteiger partial charge in [0.25, 0.3) is 0 Å². The van der Waals surface area contributed by atoms with Gasteiger partial charge in [-0.1, -0.05) is 104 Å². The van der Waals surface area contributed by atoms with Crippen molar-refractivity contribution in [3.05, 3.63) is 0 Å². The number of unbranched alkanes of at least 4 members (excludes halogenated alkanes) is 9. The molecule has 0 spiro atoms. The van der Waals surface area contributed by atoms with E-state index in [9.17, 15) is 14.4 Å². The van der Waals surface area contributed by atoms with E-state index in [1.165, 1.54) is 77.0 Å². The molecule has 3 amide bonds. The summed E-state index contributed by atoms with van der Waals surface area (Å²) < 4.78 is 0. The summed E-state index contributed by atoms with van der Waals surface area (Å²) in [6.45, 7) is 4.57. The normalized spacial score (nSPS) is 12.1. The molecule has 5 N–H and O–H groups in total. The number of amides is 3. The van der Waals surface area contributed by atoms with Gasteiger partial charge >= 0.3 is 0 Å². The molecule has 0 saturated carbocycles. The molecule has 0 fully saturated rings. The van der Waals surface area contributed by atoms with Gasteiger partial charge in [0.2, 0.25) is 17.7 Å². The van der Waals surface area contributed by atoms with E-state index >= 15 is 0 Å². The second-order valence-electron chi connectivity index (χ2n) is 9.05. The fraction of sp³-hybridized carbons (Fsp3) is 0.880. The second-order valence-corrected chi connectivity index (χ2v) is 9.05. The highest BCUT2D eigenvalue weighted by Crippen LogP contribution is 2.23. The van der Waals surface area contributed by atoms with Crippen LogP contribution in [-0.4, -0.2) is 23.8 Å². The molecule has 0 aliphatic rings. The maximum absolute atomic E-state index is 12.0. The highest BCUT2D eigenvalue weighted by atomic mass is 16.2. The van der Waals surface area contributed by atoms with Crippen LogP contribution in [0.4, 0.5) is 0 Å². The van der Waals surface area contributed by atoms with E-state index in [0.29, 0.717) is 6.42 Å². The van der Waals surface area contributed by atoms with E-state index in [4.69, 9.17) is 11.5 Å².